The maximum Gasteiger partial charge on any atom is 0.320 e. The summed E-state index contributed by atoms with van der Waals surface area (Å²) in [5, 5.41) is 11.3. The molecule has 2 unspecified atom stereocenters. The van der Waals surface area contributed by atoms with Crippen molar-refractivity contribution in [1.82, 2.24) is 14.8 Å². The number of aliphatic hydroxyl groups is 1. The van der Waals surface area contributed by atoms with Crippen LogP contribution in [0, 0.1) is 35.5 Å². The van der Waals surface area contributed by atoms with Crippen molar-refractivity contribution >= 4 is 81.2 Å². The molecule has 85 heavy (non-hydrogen) atoms. The van der Waals surface area contributed by atoms with Crippen molar-refractivity contribution in [1.29, 1.82) is 0 Å². The number of esters is 3. The van der Waals surface area contributed by atoms with Crippen LogP contribution in [-0.2, 0) is 77.8 Å². The summed E-state index contributed by atoms with van der Waals surface area (Å²) < 4.78 is 70.6. The number of thioether (sulfide) groups is 1. The zero-order valence-electron chi connectivity index (χ0n) is 51.9. The van der Waals surface area contributed by atoms with Gasteiger partial charge in [0.15, 0.2) is 39.9 Å². The van der Waals surface area contributed by atoms with Crippen molar-refractivity contribution in [3.05, 3.63) is 51.7 Å². The topological polar surface area (TPSA) is 209 Å². The van der Waals surface area contributed by atoms with Crippen LogP contribution < -0.4 is 0 Å². The van der Waals surface area contributed by atoms with Gasteiger partial charge in [-0.25, -0.2) is 0 Å². The summed E-state index contributed by atoms with van der Waals surface area (Å²) in [7, 11) is 5.16. The predicted octanol–water partition coefficient (Wildman–Crippen LogP) is 9.65. The van der Waals surface area contributed by atoms with Crippen LogP contribution in [0.15, 0.2) is 36.1 Å². The lowest BCUT2D eigenvalue weighted by Crippen LogP contribution is -2.61. The molecule has 0 spiro atoms. The van der Waals surface area contributed by atoms with Crippen LogP contribution in [0.1, 0.15) is 133 Å². The number of pyridine rings is 1. The van der Waals surface area contributed by atoms with Gasteiger partial charge in [0.25, 0.3) is 0 Å². The van der Waals surface area contributed by atoms with Crippen molar-refractivity contribution in [2.45, 2.75) is 228 Å². The quantitative estimate of drug-likeness (QED) is 0.0591. The molecule has 0 aromatic carbocycles. The van der Waals surface area contributed by atoms with E-state index in [4.69, 9.17) is 75.3 Å². The molecule has 478 valence electrons. The number of Topliss-reactive ketones (excluding diaryl/α,β-unsaturated/α-hetero) is 1. The minimum Gasteiger partial charge on any atom is -0.493 e. The van der Waals surface area contributed by atoms with Crippen LogP contribution in [0.4, 0.5) is 0 Å². The summed E-state index contributed by atoms with van der Waals surface area (Å²) in [4.78, 5) is 67.2. The molecule has 23 heteroatoms. The molecule has 0 amide bonds. The number of methoxy groups -OCH3 is 2. The van der Waals surface area contributed by atoms with Crippen LogP contribution >= 0.6 is 57.6 Å². The highest BCUT2D eigenvalue weighted by atomic mass is 127. The van der Waals surface area contributed by atoms with E-state index in [0.717, 1.165) is 25.7 Å². The van der Waals surface area contributed by atoms with E-state index in [9.17, 15) is 14.7 Å². The van der Waals surface area contributed by atoms with E-state index in [-0.39, 0.29) is 49.5 Å². The third kappa shape index (κ3) is 15.3. The van der Waals surface area contributed by atoms with Gasteiger partial charge in [-0.05, 0) is 134 Å². The van der Waals surface area contributed by atoms with Gasteiger partial charge in [-0.15, -0.1) is 11.8 Å². The van der Waals surface area contributed by atoms with E-state index in [2.05, 4.69) is 34.7 Å². The number of ether oxygens (including phenoxy) is 11. The molecule has 8 rings (SSSR count). The third-order valence-corrected chi connectivity index (χ3v) is 22.3. The van der Waals surface area contributed by atoms with Gasteiger partial charge in [0, 0.05) is 93.5 Å². The summed E-state index contributed by atoms with van der Waals surface area (Å²) in [5.41, 5.74) is -3.12. The first-order chi connectivity index (χ1) is 40.1. The first-order valence-electron chi connectivity index (χ1n) is 30.4. The van der Waals surface area contributed by atoms with Gasteiger partial charge in [0.05, 0.1) is 77.4 Å². The molecule has 2 bridgehead atoms. The number of cyclic esters (lactones) is 1. The number of fused-ring (bicyclic) bond motifs is 3. The number of hydrogen-bond donors (Lipinski definition) is 1. The van der Waals surface area contributed by atoms with Crippen molar-refractivity contribution in [2.75, 3.05) is 46.7 Å². The normalized spacial score (nSPS) is 39.5. The fraction of sp³-hybridized carbons (Fsp3) is 0.790. The molecule has 5 saturated heterocycles. The predicted molar refractivity (Wildman–Crippen MR) is 329 cm³/mol. The lowest BCUT2D eigenvalue weighted by Gasteiger charge is -2.49. The van der Waals surface area contributed by atoms with Crippen molar-refractivity contribution in [3.8, 4) is 0 Å². The lowest BCUT2D eigenvalue weighted by atomic mass is 9.72. The van der Waals surface area contributed by atoms with Gasteiger partial charge in [-0.1, -0.05) is 50.9 Å². The number of hydrogen-bond acceptors (Lipinski definition) is 20. The Kier molecular flexibility index (Phi) is 23.2. The average molecular weight is 1370 g/mol. The summed E-state index contributed by atoms with van der Waals surface area (Å²) in [6.45, 7) is 21.7. The molecule has 6 fully saturated rings. The molecule has 7 aliphatic rings. The Hall–Kier alpha value is -2.39. The van der Waals surface area contributed by atoms with Gasteiger partial charge >= 0.3 is 17.9 Å². The minimum absolute atomic E-state index is 0.0184. The summed E-state index contributed by atoms with van der Waals surface area (Å²) in [6.07, 6.45) is 5.84. The maximum atomic E-state index is 15.6. The zero-order valence-corrected chi connectivity index (χ0v) is 56.4. The number of likely N-dealkylation sites (N-methyl/N-ethyl adjacent to an activating group) is 1. The standard InChI is InChI=1S/C62H92Cl2IN3O16S/c1-32(2)29-67(12)45-23-33(3)77-58(52(45)79-38(8)69)82-55-35(5)51(81-48-26-60(9,75-14)54(71)37(7)78-48)36(6)56(72)83-59(65)62(11)49(34(4)50(70)39-25-61(55,10)76-31-39)53(57(73)84-62)85-22-21-68(30-42-43(63)27-66-28-44(42)64)40-19-20-46(74-13)47(24-40)80-41-17-15-16-18-41/h20,24,27-28,32-37,39-41,45,48-49,51-55,58-59,71H,15-19,21-23,25-26,29-31H2,1-14H3/t33-,34-,35+,36-,37+,39+,40?,45+,48+,49+,51+,52-,53?,54+,55-,58+,59+,60-,61-,62+/m1/s1. The highest BCUT2D eigenvalue weighted by Crippen LogP contribution is 2.51. The van der Waals surface area contributed by atoms with E-state index < -0.39 is 117 Å². The van der Waals surface area contributed by atoms with E-state index in [1.165, 1.54) is 25.8 Å². The highest BCUT2D eigenvalue weighted by Gasteiger charge is 2.63. The first-order valence-corrected chi connectivity index (χ1v) is 33.4. The third-order valence-electron chi connectivity index (χ3n) is 18.9. The Morgan fingerprint density at radius 2 is 1.65 bits per heavy atom. The number of aromatic nitrogens is 1. The second-order valence-corrected chi connectivity index (χ2v) is 29.0. The SMILES string of the molecule is COC1=CCC(N(CCSC2C(=O)O[C@@]3(C)[C@H]2[C@@H](C)C(=O)[C@@H]2CO[C@](C)(C2)[C@H](O[C@@H]2O[C@H](C)C[C@H](N(C)CC(C)C)[C@H]2OC(C)=O)[C@@H](C)[C@H](O[C@H]2C[C@@](C)(OC)[C@@H](O)[C@H](C)O2)[C@@H](C)C(=O)O[C@@H]3I)Cc2c(Cl)cncc2Cl)C=C1OC1CCCC1. The molecule has 1 saturated carbocycles. The van der Waals surface area contributed by atoms with Gasteiger partial charge in [-0.2, -0.15) is 0 Å². The van der Waals surface area contributed by atoms with E-state index in [1.54, 1.807) is 47.2 Å². The molecule has 0 radical (unpaired) electrons. The Morgan fingerprint density at radius 1 is 0.953 bits per heavy atom. The Morgan fingerprint density at radius 3 is 2.29 bits per heavy atom. The van der Waals surface area contributed by atoms with Gasteiger partial charge in [0.1, 0.15) is 17.1 Å². The van der Waals surface area contributed by atoms with Crippen LogP contribution in [-0.4, -0.2) is 184 Å². The molecule has 6 heterocycles. The minimum atomic E-state index is -1.49. The van der Waals surface area contributed by atoms with E-state index in [1.807, 2.05) is 63.4 Å². The van der Waals surface area contributed by atoms with Crippen molar-refractivity contribution in [2.24, 2.45) is 35.5 Å². The molecule has 1 aromatic rings. The van der Waals surface area contributed by atoms with E-state index in [0.29, 0.717) is 71.3 Å². The maximum absolute atomic E-state index is 15.6. The second kappa shape index (κ2) is 28.8. The summed E-state index contributed by atoms with van der Waals surface area (Å²) >= 11 is 17.0. The lowest BCUT2D eigenvalue weighted by molar-refractivity contribution is -0.318. The number of ketones is 1. The largest absolute Gasteiger partial charge is 0.493 e. The summed E-state index contributed by atoms with van der Waals surface area (Å²) in [5.74, 6) is -3.88. The first kappa shape index (κ1) is 68.5. The molecular formula is C62H92Cl2IN3O16S. The molecule has 2 aliphatic carbocycles. The zero-order chi connectivity index (χ0) is 62.0. The monoisotopic (exact) mass is 1360 g/mol. The Bertz CT molecular complexity index is 2560. The van der Waals surface area contributed by atoms with Crippen LogP contribution in [0.25, 0.3) is 0 Å². The number of carbonyl (C=O) groups is 4. The smallest absolute Gasteiger partial charge is 0.320 e. The fourth-order valence-electron chi connectivity index (χ4n) is 14.2. The molecule has 1 aromatic heterocycles. The highest BCUT2D eigenvalue weighted by molar-refractivity contribution is 14.1. The van der Waals surface area contributed by atoms with Gasteiger partial charge < -0.3 is 57.2 Å². The number of rotatable bonds is 19. The molecule has 1 N–H and O–H groups in total. The molecule has 20 atom stereocenters. The number of aliphatic hydroxyl groups excluding tert-OH is 1. The molecular weight excluding hydrogens is 1270 g/mol. The Balaban J connectivity index is 1.14. The number of halogens is 3. The van der Waals surface area contributed by atoms with E-state index >= 15 is 9.59 Å². The number of nitrogens with zero attached hydrogens (tertiary/aromatic N) is 3. The Labute approximate surface area is 530 Å². The van der Waals surface area contributed by atoms with Gasteiger partial charge in [0.2, 0.25) is 0 Å². The van der Waals surface area contributed by atoms with Crippen molar-refractivity contribution < 1.29 is 76.4 Å². The molecule has 19 nitrogen and oxygen atoms in total. The number of alkyl halides is 1. The average Bonchev–Trinajstić information content (AvgIpc) is 1.71. The van der Waals surface area contributed by atoms with Crippen molar-refractivity contribution in [3.63, 3.8) is 0 Å². The van der Waals surface area contributed by atoms with Crippen LogP contribution in [0.5, 0.6) is 0 Å². The van der Waals surface area contributed by atoms with Crippen LogP contribution in [0.2, 0.25) is 10.0 Å². The summed E-state index contributed by atoms with van der Waals surface area (Å²) in [6, 6.07) is -0.473. The molecule has 5 aliphatic heterocycles. The fourth-order valence-corrected chi connectivity index (χ4v) is 17.0. The number of carbonyl (C=O) groups excluding carboxylic acids is 4. The van der Waals surface area contributed by atoms with Crippen LogP contribution in [0.3, 0.4) is 0 Å². The second-order valence-electron chi connectivity index (χ2n) is 25.8. The van der Waals surface area contributed by atoms with Gasteiger partial charge in [-0.3, -0.25) is 34.0 Å².